The van der Waals surface area contributed by atoms with E-state index in [0.717, 1.165) is 62.5 Å². The first kappa shape index (κ1) is 16.3. The van der Waals surface area contributed by atoms with Gasteiger partial charge in [0, 0.05) is 19.4 Å². The Morgan fingerprint density at radius 2 is 2.12 bits per heavy atom. The number of carbonyl (C=O) groups excluding carboxylic acids is 1. The van der Waals surface area contributed by atoms with Crippen molar-refractivity contribution >= 4 is 5.91 Å². The molecule has 1 amide bonds. The molecule has 132 valence electrons. The van der Waals surface area contributed by atoms with Crippen molar-refractivity contribution in [1.82, 2.24) is 15.2 Å². The molecule has 0 spiro atoms. The van der Waals surface area contributed by atoms with Crippen LogP contribution in [0, 0.1) is 0 Å². The molecule has 1 aromatic heterocycles. The number of fused-ring (bicyclic) bond motifs is 1. The number of carbonyl (C=O) groups is 1. The van der Waals surface area contributed by atoms with Crippen LogP contribution in [0.4, 0.5) is 0 Å². The summed E-state index contributed by atoms with van der Waals surface area (Å²) >= 11 is 0. The SMILES string of the molecule is O=C([C@@H]1CCCCN1)N1CCc2oc(CCc3ccccc3)nc2C1. The maximum atomic E-state index is 12.7. The van der Waals surface area contributed by atoms with E-state index in [2.05, 4.69) is 34.6 Å². The standard InChI is InChI=1S/C20H25N3O2/c24-20(16-8-4-5-12-21-16)23-13-11-18-17(14-23)22-19(25-18)10-9-15-6-2-1-3-7-15/h1-3,6-7,16,21H,4-5,8-14H2/t16-/m0/s1. The Hall–Kier alpha value is -2.14. The molecule has 1 fully saturated rings. The van der Waals surface area contributed by atoms with Gasteiger partial charge in [-0.15, -0.1) is 0 Å². The molecular weight excluding hydrogens is 314 g/mol. The van der Waals surface area contributed by atoms with Crippen molar-refractivity contribution in [3.63, 3.8) is 0 Å². The molecule has 3 heterocycles. The summed E-state index contributed by atoms with van der Waals surface area (Å²) in [5.41, 5.74) is 2.23. The van der Waals surface area contributed by atoms with Crippen LogP contribution in [0.5, 0.6) is 0 Å². The minimum atomic E-state index is -0.0141. The lowest BCUT2D eigenvalue weighted by atomic mass is 10.0. The summed E-state index contributed by atoms with van der Waals surface area (Å²) in [6, 6.07) is 10.4. The van der Waals surface area contributed by atoms with E-state index >= 15 is 0 Å². The van der Waals surface area contributed by atoms with Gasteiger partial charge in [0.2, 0.25) is 5.91 Å². The van der Waals surface area contributed by atoms with Crippen LogP contribution >= 0.6 is 0 Å². The number of hydrogen-bond donors (Lipinski definition) is 1. The van der Waals surface area contributed by atoms with Gasteiger partial charge in [-0.2, -0.15) is 0 Å². The number of oxazole rings is 1. The van der Waals surface area contributed by atoms with Crippen LogP contribution in [0.3, 0.4) is 0 Å². The highest BCUT2D eigenvalue weighted by Gasteiger charge is 2.30. The second-order valence-electron chi connectivity index (χ2n) is 6.98. The van der Waals surface area contributed by atoms with Crippen LogP contribution < -0.4 is 5.32 Å². The van der Waals surface area contributed by atoms with Gasteiger partial charge in [-0.3, -0.25) is 4.79 Å². The molecule has 2 aromatic rings. The Morgan fingerprint density at radius 3 is 2.92 bits per heavy atom. The fourth-order valence-electron chi connectivity index (χ4n) is 3.73. The van der Waals surface area contributed by atoms with E-state index in [1.54, 1.807) is 0 Å². The molecule has 0 radical (unpaired) electrons. The van der Waals surface area contributed by atoms with E-state index in [4.69, 9.17) is 4.42 Å². The third-order valence-corrected chi connectivity index (χ3v) is 5.16. The Kier molecular flexibility index (Phi) is 4.83. The van der Waals surface area contributed by atoms with E-state index in [1.165, 1.54) is 12.0 Å². The molecule has 1 saturated heterocycles. The van der Waals surface area contributed by atoms with Gasteiger partial charge in [0.25, 0.3) is 0 Å². The maximum absolute atomic E-state index is 12.7. The number of nitrogens with zero attached hydrogens (tertiary/aromatic N) is 2. The normalized spacial score (nSPS) is 20.3. The zero-order valence-corrected chi connectivity index (χ0v) is 14.5. The van der Waals surface area contributed by atoms with Crippen LogP contribution in [0.2, 0.25) is 0 Å². The van der Waals surface area contributed by atoms with Crippen molar-refractivity contribution in [3.8, 4) is 0 Å². The van der Waals surface area contributed by atoms with Gasteiger partial charge in [-0.1, -0.05) is 36.8 Å². The zero-order valence-electron chi connectivity index (χ0n) is 14.5. The third kappa shape index (κ3) is 3.76. The fraction of sp³-hybridized carbons (Fsp3) is 0.500. The largest absolute Gasteiger partial charge is 0.445 e. The molecule has 0 unspecified atom stereocenters. The molecule has 0 saturated carbocycles. The number of aromatic nitrogens is 1. The average Bonchev–Trinajstić information content (AvgIpc) is 3.09. The summed E-state index contributed by atoms with van der Waals surface area (Å²) in [4.78, 5) is 19.3. The number of nitrogens with one attached hydrogen (secondary N) is 1. The number of aryl methyl sites for hydroxylation is 2. The van der Waals surface area contributed by atoms with E-state index in [9.17, 15) is 4.79 Å². The number of piperidine rings is 1. The first-order valence-electron chi connectivity index (χ1n) is 9.33. The van der Waals surface area contributed by atoms with Crippen LogP contribution in [0.1, 0.15) is 42.2 Å². The molecule has 25 heavy (non-hydrogen) atoms. The number of benzene rings is 1. The molecule has 2 aliphatic rings. The average molecular weight is 339 g/mol. The van der Waals surface area contributed by atoms with Crippen LogP contribution in [0.25, 0.3) is 0 Å². The van der Waals surface area contributed by atoms with Gasteiger partial charge < -0.3 is 14.6 Å². The minimum Gasteiger partial charge on any atom is -0.445 e. The Morgan fingerprint density at radius 1 is 1.24 bits per heavy atom. The third-order valence-electron chi connectivity index (χ3n) is 5.16. The second-order valence-corrected chi connectivity index (χ2v) is 6.98. The van der Waals surface area contributed by atoms with Crippen molar-refractivity contribution in [2.24, 2.45) is 0 Å². The van der Waals surface area contributed by atoms with Crippen molar-refractivity contribution in [3.05, 3.63) is 53.2 Å². The van der Waals surface area contributed by atoms with Gasteiger partial charge in [-0.25, -0.2) is 4.98 Å². The monoisotopic (exact) mass is 339 g/mol. The first-order chi connectivity index (χ1) is 12.3. The highest BCUT2D eigenvalue weighted by atomic mass is 16.4. The molecule has 0 aliphatic carbocycles. The van der Waals surface area contributed by atoms with Crippen molar-refractivity contribution in [1.29, 1.82) is 0 Å². The predicted molar refractivity (Wildman–Crippen MR) is 95.1 cm³/mol. The van der Waals surface area contributed by atoms with Crippen molar-refractivity contribution in [2.75, 3.05) is 13.1 Å². The molecule has 2 aliphatic heterocycles. The van der Waals surface area contributed by atoms with E-state index in [1.807, 2.05) is 11.0 Å². The van der Waals surface area contributed by atoms with Crippen LogP contribution in [-0.2, 0) is 30.6 Å². The highest BCUT2D eigenvalue weighted by Crippen LogP contribution is 2.22. The zero-order chi connectivity index (χ0) is 17.1. The lowest BCUT2D eigenvalue weighted by Gasteiger charge is -2.31. The lowest BCUT2D eigenvalue weighted by Crippen LogP contribution is -2.49. The predicted octanol–water partition coefficient (Wildman–Crippen LogP) is 2.49. The summed E-state index contributed by atoms with van der Waals surface area (Å²) in [5, 5.41) is 3.35. The molecule has 4 rings (SSSR count). The fourth-order valence-corrected chi connectivity index (χ4v) is 3.73. The summed E-state index contributed by atoms with van der Waals surface area (Å²) in [6.45, 7) is 2.27. The molecule has 1 atom stereocenters. The van der Waals surface area contributed by atoms with E-state index in [0.29, 0.717) is 6.54 Å². The maximum Gasteiger partial charge on any atom is 0.240 e. The molecular formula is C20H25N3O2. The molecule has 1 N–H and O–H groups in total. The van der Waals surface area contributed by atoms with Crippen molar-refractivity contribution in [2.45, 2.75) is 51.1 Å². The number of amides is 1. The smallest absolute Gasteiger partial charge is 0.240 e. The Bertz CT molecular complexity index is 720. The molecule has 0 bridgehead atoms. The van der Waals surface area contributed by atoms with Crippen molar-refractivity contribution < 1.29 is 9.21 Å². The highest BCUT2D eigenvalue weighted by molar-refractivity contribution is 5.82. The Balaban J connectivity index is 1.38. The topological polar surface area (TPSA) is 58.4 Å². The number of hydrogen-bond acceptors (Lipinski definition) is 4. The summed E-state index contributed by atoms with van der Waals surface area (Å²) in [5.74, 6) is 1.97. The first-order valence-corrected chi connectivity index (χ1v) is 9.33. The second kappa shape index (κ2) is 7.40. The number of rotatable bonds is 4. The van der Waals surface area contributed by atoms with Crippen LogP contribution in [0.15, 0.2) is 34.7 Å². The quantitative estimate of drug-likeness (QED) is 0.930. The lowest BCUT2D eigenvalue weighted by molar-refractivity contribution is -0.135. The van der Waals surface area contributed by atoms with Gasteiger partial charge in [0.15, 0.2) is 5.89 Å². The summed E-state index contributed by atoms with van der Waals surface area (Å²) in [7, 11) is 0. The molecule has 5 heteroatoms. The summed E-state index contributed by atoms with van der Waals surface area (Å²) < 4.78 is 5.94. The van der Waals surface area contributed by atoms with Gasteiger partial charge >= 0.3 is 0 Å². The van der Waals surface area contributed by atoms with Gasteiger partial charge in [0.1, 0.15) is 11.5 Å². The minimum absolute atomic E-state index is 0.0141. The van der Waals surface area contributed by atoms with Crippen LogP contribution in [-0.4, -0.2) is 34.9 Å². The molecule has 5 nitrogen and oxygen atoms in total. The van der Waals surface area contributed by atoms with Gasteiger partial charge in [-0.05, 0) is 31.4 Å². The van der Waals surface area contributed by atoms with Gasteiger partial charge in [0.05, 0.1) is 12.6 Å². The van der Waals surface area contributed by atoms with E-state index in [-0.39, 0.29) is 11.9 Å². The summed E-state index contributed by atoms with van der Waals surface area (Å²) in [6.07, 6.45) is 5.75. The van der Waals surface area contributed by atoms with E-state index < -0.39 is 0 Å². The Labute approximate surface area is 148 Å². The molecule has 1 aromatic carbocycles.